The molecule has 0 saturated carbocycles. The van der Waals surface area contributed by atoms with E-state index < -0.39 is 6.10 Å². The summed E-state index contributed by atoms with van der Waals surface area (Å²) < 4.78 is 20.5. The molecular formula is C20H23FN6O2. The lowest BCUT2D eigenvalue weighted by Gasteiger charge is -2.21. The van der Waals surface area contributed by atoms with Crippen LogP contribution >= 0.6 is 0 Å². The molecule has 0 aliphatic carbocycles. The summed E-state index contributed by atoms with van der Waals surface area (Å²) in [5.41, 5.74) is 8.01. The monoisotopic (exact) mass is 398 g/mol. The Morgan fingerprint density at radius 1 is 1.31 bits per heavy atom. The van der Waals surface area contributed by atoms with Gasteiger partial charge >= 0.3 is 0 Å². The predicted octanol–water partition coefficient (Wildman–Crippen LogP) is 1.71. The molecule has 2 unspecified atom stereocenters. The number of carbonyl (C=O) groups is 1. The summed E-state index contributed by atoms with van der Waals surface area (Å²) >= 11 is 0. The van der Waals surface area contributed by atoms with E-state index in [1.54, 1.807) is 28.9 Å². The van der Waals surface area contributed by atoms with Gasteiger partial charge in [0, 0.05) is 37.9 Å². The van der Waals surface area contributed by atoms with E-state index in [-0.39, 0.29) is 17.6 Å². The van der Waals surface area contributed by atoms with Gasteiger partial charge in [0.15, 0.2) is 11.8 Å². The number of hydrogen-bond acceptors (Lipinski definition) is 6. The minimum Gasteiger partial charge on any atom is -0.481 e. The lowest BCUT2D eigenvalue weighted by molar-refractivity contribution is -0.136. The second-order valence-electron chi connectivity index (χ2n) is 7.11. The highest BCUT2D eigenvalue weighted by molar-refractivity contribution is 5.81. The van der Waals surface area contributed by atoms with Crippen molar-refractivity contribution in [3.05, 3.63) is 48.2 Å². The van der Waals surface area contributed by atoms with E-state index in [1.165, 1.54) is 24.3 Å². The number of likely N-dealkylation sites (tertiary alicyclic amines) is 1. The maximum Gasteiger partial charge on any atom is 0.263 e. The van der Waals surface area contributed by atoms with Gasteiger partial charge in [-0.05, 0) is 37.6 Å². The van der Waals surface area contributed by atoms with Crippen LogP contribution in [-0.4, -0.2) is 56.3 Å². The second kappa shape index (κ2) is 8.12. The van der Waals surface area contributed by atoms with Gasteiger partial charge in [0.25, 0.3) is 5.91 Å². The van der Waals surface area contributed by atoms with Gasteiger partial charge in [0.05, 0.1) is 12.2 Å². The van der Waals surface area contributed by atoms with Gasteiger partial charge in [-0.15, -0.1) is 0 Å². The molecule has 4 rings (SSSR count). The first-order valence-corrected chi connectivity index (χ1v) is 9.65. The van der Waals surface area contributed by atoms with Gasteiger partial charge < -0.3 is 15.4 Å². The summed E-state index contributed by atoms with van der Waals surface area (Å²) in [6.45, 7) is 3.89. The Bertz CT molecular complexity index is 1010. The lowest BCUT2D eigenvalue weighted by Crippen LogP contribution is -2.39. The topological polar surface area (TPSA) is 99.2 Å². The highest BCUT2D eigenvalue weighted by Gasteiger charge is 2.33. The fourth-order valence-electron chi connectivity index (χ4n) is 3.69. The standard InChI is InChI=1S/C20H23FN6O2/c1-13(29-16-4-2-15(21)3-5-16)20(28)26-10-6-14(12-26)17-18-19(24-9-8-23-18)27(25-17)11-7-22/h2-5,8-9,13-14H,6-7,10-12,22H2,1H3. The molecule has 0 radical (unpaired) electrons. The van der Waals surface area contributed by atoms with Crippen LogP contribution < -0.4 is 10.5 Å². The normalized spacial score (nSPS) is 17.6. The zero-order chi connectivity index (χ0) is 20.4. The van der Waals surface area contributed by atoms with E-state index in [0.29, 0.717) is 37.6 Å². The molecule has 1 aliphatic rings. The number of hydrogen-bond donors (Lipinski definition) is 1. The molecule has 1 fully saturated rings. The number of nitrogens with two attached hydrogens (primary N) is 1. The van der Waals surface area contributed by atoms with Crippen LogP contribution in [-0.2, 0) is 11.3 Å². The van der Waals surface area contributed by atoms with E-state index in [4.69, 9.17) is 10.5 Å². The molecule has 2 aromatic heterocycles. The Hall–Kier alpha value is -3.07. The number of aromatic nitrogens is 4. The van der Waals surface area contributed by atoms with Crippen LogP contribution in [0, 0.1) is 5.82 Å². The average Bonchev–Trinajstić information content (AvgIpc) is 3.35. The Morgan fingerprint density at radius 2 is 2.07 bits per heavy atom. The van der Waals surface area contributed by atoms with Crippen molar-refractivity contribution >= 4 is 17.1 Å². The lowest BCUT2D eigenvalue weighted by atomic mass is 10.0. The molecule has 1 aliphatic heterocycles. The number of halogens is 1. The smallest absolute Gasteiger partial charge is 0.263 e. The fraction of sp³-hybridized carbons (Fsp3) is 0.400. The van der Waals surface area contributed by atoms with Crippen molar-refractivity contribution in [3.8, 4) is 5.75 Å². The van der Waals surface area contributed by atoms with E-state index in [2.05, 4.69) is 15.1 Å². The van der Waals surface area contributed by atoms with Crippen LogP contribution in [0.2, 0.25) is 0 Å². The quantitative estimate of drug-likeness (QED) is 0.679. The van der Waals surface area contributed by atoms with Crippen LogP contribution in [0.3, 0.4) is 0 Å². The van der Waals surface area contributed by atoms with E-state index in [0.717, 1.165) is 17.6 Å². The maximum absolute atomic E-state index is 13.0. The molecule has 1 amide bonds. The average molecular weight is 398 g/mol. The zero-order valence-corrected chi connectivity index (χ0v) is 16.2. The van der Waals surface area contributed by atoms with E-state index in [9.17, 15) is 9.18 Å². The third-order valence-corrected chi connectivity index (χ3v) is 5.10. The third-order valence-electron chi connectivity index (χ3n) is 5.10. The molecule has 9 heteroatoms. The van der Waals surface area contributed by atoms with E-state index in [1.807, 2.05) is 0 Å². The SMILES string of the molecule is CC(Oc1ccc(F)cc1)C(=O)N1CCC(c2nn(CCN)c3nccnc23)C1. The highest BCUT2D eigenvalue weighted by atomic mass is 19.1. The first-order valence-electron chi connectivity index (χ1n) is 9.65. The van der Waals surface area contributed by atoms with Gasteiger partial charge in [0.2, 0.25) is 0 Å². The fourth-order valence-corrected chi connectivity index (χ4v) is 3.69. The zero-order valence-electron chi connectivity index (χ0n) is 16.2. The maximum atomic E-state index is 13.0. The first-order chi connectivity index (χ1) is 14.1. The van der Waals surface area contributed by atoms with Crippen LogP contribution in [0.15, 0.2) is 36.7 Å². The summed E-state index contributed by atoms with van der Waals surface area (Å²) in [6.07, 6.45) is 3.42. The van der Waals surface area contributed by atoms with Crippen molar-refractivity contribution in [2.45, 2.75) is 31.9 Å². The van der Waals surface area contributed by atoms with Crippen molar-refractivity contribution in [2.75, 3.05) is 19.6 Å². The van der Waals surface area contributed by atoms with Gasteiger partial charge in [0.1, 0.15) is 17.1 Å². The Balaban J connectivity index is 1.47. The van der Waals surface area contributed by atoms with Crippen LogP contribution in [0.25, 0.3) is 11.2 Å². The summed E-state index contributed by atoms with van der Waals surface area (Å²) in [4.78, 5) is 23.4. The molecule has 0 spiro atoms. The van der Waals surface area contributed by atoms with Gasteiger partial charge in [-0.2, -0.15) is 5.10 Å². The minimum atomic E-state index is -0.662. The molecule has 3 heterocycles. The van der Waals surface area contributed by atoms with Crippen LogP contribution in [0.4, 0.5) is 4.39 Å². The number of fused-ring (bicyclic) bond motifs is 1. The molecule has 29 heavy (non-hydrogen) atoms. The van der Waals surface area contributed by atoms with Crippen molar-refractivity contribution < 1.29 is 13.9 Å². The number of benzene rings is 1. The molecule has 2 N–H and O–H groups in total. The number of ether oxygens (including phenoxy) is 1. The van der Waals surface area contributed by atoms with Gasteiger partial charge in [-0.25, -0.2) is 19.0 Å². The first kappa shape index (κ1) is 19.3. The molecule has 1 saturated heterocycles. The van der Waals surface area contributed by atoms with Gasteiger partial charge in [-0.3, -0.25) is 4.79 Å². The number of carbonyl (C=O) groups excluding carboxylic acids is 1. The summed E-state index contributed by atoms with van der Waals surface area (Å²) in [5.74, 6) is 0.0942. The Morgan fingerprint density at radius 3 is 2.83 bits per heavy atom. The molecule has 1 aromatic carbocycles. The number of nitrogens with zero attached hydrogens (tertiary/aromatic N) is 5. The Labute approximate surface area is 167 Å². The minimum absolute atomic E-state index is 0.0789. The molecule has 8 nitrogen and oxygen atoms in total. The third kappa shape index (κ3) is 3.91. The van der Waals surface area contributed by atoms with Crippen LogP contribution in [0.1, 0.15) is 25.0 Å². The highest BCUT2D eigenvalue weighted by Crippen LogP contribution is 2.30. The van der Waals surface area contributed by atoms with Crippen molar-refractivity contribution in [1.82, 2.24) is 24.6 Å². The van der Waals surface area contributed by atoms with E-state index >= 15 is 0 Å². The molecule has 3 aromatic rings. The summed E-state index contributed by atoms with van der Waals surface area (Å²) in [5, 5.41) is 4.68. The van der Waals surface area contributed by atoms with Crippen molar-refractivity contribution in [3.63, 3.8) is 0 Å². The molecule has 0 bridgehead atoms. The number of amides is 1. The van der Waals surface area contributed by atoms with Crippen LogP contribution in [0.5, 0.6) is 5.75 Å². The second-order valence-corrected chi connectivity index (χ2v) is 7.11. The molecule has 152 valence electrons. The largest absolute Gasteiger partial charge is 0.481 e. The summed E-state index contributed by atoms with van der Waals surface area (Å²) in [6, 6.07) is 5.64. The van der Waals surface area contributed by atoms with Gasteiger partial charge in [-0.1, -0.05) is 0 Å². The summed E-state index contributed by atoms with van der Waals surface area (Å²) in [7, 11) is 0. The molecular weight excluding hydrogens is 375 g/mol. The molecule has 2 atom stereocenters. The van der Waals surface area contributed by atoms with Crippen molar-refractivity contribution in [1.29, 1.82) is 0 Å². The predicted molar refractivity (Wildman–Crippen MR) is 105 cm³/mol. The van der Waals surface area contributed by atoms with Crippen molar-refractivity contribution in [2.24, 2.45) is 5.73 Å². The Kier molecular flexibility index (Phi) is 5.39. The number of rotatable bonds is 6.